The maximum absolute atomic E-state index is 13.7. The molecule has 0 amide bonds. The first-order valence-corrected chi connectivity index (χ1v) is 6.73. The van der Waals surface area contributed by atoms with Crippen LogP contribution in [0.15, 0.2) is 16.6 Å². The second kappa shape index (κ2) is 5.36. The third kappa shape index (κ3) is 2.80. The van der Waals surface area contributed by atoms with Gasteiger partial charge >= 0.3 is 0 Å². The third-order valence-corrected chi connectivity index (χ3v) is 3.74. The van der Waals surface area contributed by atoms with Gasteiger partial charge in [0, 0.05) is 5.56 Å². The fraction of sp³-hybridized carbons (Fsp3) is 0.538. The summed E-state index contributed by atoms with van der Waals surface area (Å²) in [5, 5.41) is 10.0. The van der Waals surface area contributed by atoms with Crippen LogP contribution in [0.2, 0.25) is 0 Å². The highest BCUT2D eigenvalue weighted by Crippen LogP contribution is 2.45. The molecule has 0 spiro atoms. The van der Waals surface area contributed by atoms with E-state index in [-0.39, 0.29) is 11.7 Å². The van der Waals surface area contributed by atoms with Gasteiger partial charge in [0.25, 0.3) is 0 Å². The minimum atomic E-state index is -0.727. The van der Waals surface area contributed by atoms with E-state index in [0.29, 0.717) is 22.4 Å². The van der Waals surface area contributed by atoms with E-state index < -0.39 is 6.10 Å². The van der Waals surface area contributed by atoms with Gasteiger partial charge in [-0.05, 0) is 53.2 Å². The predicted octanol–water partition coefficient (Wildman–Crippen LogP) is 3.82. The van der Waals surface area contributed by atoms with Gasteiger partial charge in [-0.25, -0.2) is 4.39 Å². The SMILES string of the molecule is CCCOc1ccc(F)c(C(O)C2CC2)c1Br. The number of rotatable bonds is 5. The maximum Gasteiger partial charge on any atom is 0.134 e. The van der Waals surface area contributed by atoms with Crippen LogP contribution in [0, 0.1) is 11.7 Å². The lowest BCUT2D eigenvalue weighted by Crippen LogP contribution is -2.06. The van der Waals surface area contributed by atoms with Crippen molar-refractivity contribution in [2.45, 2.75) is 32.3 Å². The van der Waals surface area contributed by atoms with Crippen molar-refractivity contribution in [1.82, 2.24) is 0 Å². The predicted molar refractivity (Wildman–Crippen MR) is 67.6 cm³/mol. The van der Waals surface area contributed by atoms with Gasteiger partial charge in [0.05, 0.1) is 17.2 Å². The van der Waals surface area contributed by atoms with Gasteiger partial charge in [0.1, 0.15) is 11.6 Å². The lowest BCUT2D eigenvalue weighted by molar-refractivity contribution is 0.148. The molecule has 1 aliphatic rings. The van der Waals surface area contributed by atoms with Gasteiger partial charge in [0.15, 0.2) is 0 Å². The maximum atomic E-state index is 13.7. The molecule has 17 heavy (non-hydrogen) atoms. The lowest BCUT2D eigenvalue weighted by atomic mass is 10.0. The van der Waals surface area contributed by atoms with E-state index >= 15 is 0 Å². The summed E-state index contributed by atoms with van der Waals surface area (Å²) in [6.07, 6.45) is 2.10. The molecule has 1 N–H and O–H groups in total. The summed E-state index contributed by atoms with van der Waals surface area (Å²) in [5.74, 6) is 0.422. The van der Waals surface area contributed by atoms with Gasteiger partial charge in [-0.1, -0.05) is 6.92 Å². The molecular formula is C13H16BrFO2. The van der Waals surface area contributed by atoms with Crippen LogP contribution in [0.3, 0.4) is 0 Å². The molecule has 1 unspecified atom stereocenters. The molecule has 1 aliphatic carbocycles. The Morgan fingerprint density at radius 2 is 2.24 bits per heavy atom. The molecule has 94 valence electrons. The first-order chi connectivity index (χ1) is 8.15. The average Bonchev–Trinajstić information content (AvgIpc) is 3.12. The minimum absolute atomic E-state index is 0.197. The summed E-state index contributed by atoms with van der Waals surface area (Å²) in [6.45, 7) is 2.60. The highest BCUT2D eigenvalue weighted by atomic mass is 79.9. The number of hydrogen-bond donors (Lipinski definition) is 1. The fourth-order valence-electron chi connectivity index (χ4n) is 1.79. The summed E-state index contributed by atoms with van der Waals surface area (Å²) in [4.78, 5) is 0. The van der Waals surface area contributed by atoms with Crippen molar-refractivity contribution >= 4 is 15.9 Å². The summed E-state index contributed by atoms with van der Waals surface area (Å²) >= 11 is 3.33. The van der Waals surface area contributed by atoms with Gasteiger partial charge in [-0.15, -0.1) is 0 Å². The van der Waals surface area contributed by atoms with Gasteiger partial charge < -0.3 is 9.84 Å². The van der Waals surface area contributed by atoms with E-state index in [4.69, 9.17) is 4.74 Å². The fourth-order valence-corrected chi connectivity index (χ4v) is 2.46. The zero-order chi connectivity index (χ0) is 12.4. The van der Waals surface area contributed by atoms with E-state index in [1.54, 1.807) is 6.07 Å². The minimum Gasteiger partial charge on any atom is -0.492 e. The number of hydrogen-bond acceptors (Lipinski definition) is 2. The van der Waals surface area contributed by atoms with Crippen LogP contribution in [0.5, 0.6) is 5.75 Å². The van der Waals surface area contributed by atoms with Gasteiger partial charge in [-0.2, -0.15) is 0 Å². The quantitative estimate of drug-likeness (QED) is 0.896. The van der Waals surface area contributed by atoms with E-state index in [0.717, 1.165) is 19.3 Å². The standard InChI is InChI=1S/C13H16BrFO2/c1-2-7-17-10-6-5-9(15)11(12(10)14)13(16)8-3-4-8/h5-6,8,13,16H,2-4,7H2,1H3. The molecule has 2 nitrogen and oxygen atoms in total. The van der Waals surface area contributed by atoms with Crippen LogP contribution in [-0.4, -0.2) is 11.7 Å². The van der Waals surface area contributed by atoms with E-state index in [2.05, 4.69) is 15.9 Å². The Morgan fingerprint density at radius 1 is 1.53 bits per heavy atom. The Morgan fingerprint density at radius 3 is 2.82 bits per heavy atom. The molecule has 0 bridgehead atoms. The van der Waals surface area contributed by atoms with Crippen molar-refractivity contribution in [3.8, 4) is 5.75 Å². The van der Waals surface area contributed by atoms with Gasteiger partial charge in [-0.3, -0.25) is 0 Å². The molecule has 0 heterocycles. The molecule has 4 heteroatoms. The summed E-state index contributed by atoms with van der Waals surface area (Å²) in [5.41, 5.74) is 0.334. The lowest BCUT2D eigenvalue weighted by Gasteiger charge is -2.16. The Bertz CT molecular complexity index is 405. The van der Waals surface area contributed by atoms with Crippen molar-refractivity contribution in [2.24, 2.45) is 5.92 Å². The Labute approximate surface area is 109 Å². The largest absolute Gasteiger partial charge is 0.492 e. The zero-order valence-electron chi connectivity index (χ0n) is 9.75. The molecule has 1 fully saturated rings. The molecular weight excluding hydrogens is 287 g/mol. The van der Waals surface area contributed by atoms with E-state index in [9.17, 15) is 9.50 Å². The summed E-state index contributed by atoms with van der Waals surface area (Å²) in [7, 11) is 0. The molecule has 0 saturated heterocycles. The highest BCUT2D eigenvalue weighted by Gasteiger charge is 2.34. The van der Waals surface area contributed by atoms with Crippen LogP contribution in [0.4, 0.5) is 4.39 Å². The molecule has 2 rings (SSSR count). The number of aliphatic hydroxyl groups excluding tert-OH is 1. The molecule has 1 saturated carbocycles. The summed E-state index contributed by atoms with van der Waals surface area (Å²) < 4.78 is 19.8. The summed E-state index contributed by atoms with van der Waals surface area (Å²) in [6, 6.07) is 2.95. The highest BCUT2D eigenvalue weighted by molar-refractivity contribution is 9.10. The van der Waals surface area contributed by atoms with Gasteiger partial charge in [0.2, 0.25) is 0 Å². The normalized spacial score (nSPS) is 16.9. The smallest absolute Gasteiger partial charge is 0.134 e. The van der Waals surface area contributed by atoms with Crippen molar-refractivity contribution in [1.29, 1.82) is 0 Å². The molecule has 1 aromatic rings. The average molecular weight is 303 g/mol. The zero-order valence-corrected chi connectivity index (χ0v) is 11.3. The molecule has 0 aliphatic heterocycles. The third-order valence-electron chi connectivity index (χ3n) is 2.92. The second-order valence-electron chi connectivity index (χ2n) is 4.40. The first kappa shape index (κ1) is 12.8. The van der Waals surface area contributed by atoms with Crippen molar-refractivity contribution < 1.29 is 14.2 Å². The number of halogens is 2. The molecule has 0 radical (unpaired) electrons. The molecule has 1 atom stereocenters. The van der Waals surface area contributed by atoms with Crippen molar-refractivity contribution in [3.63, 3.8) is 0 Å². The number of ether oxygens (including phenoxy) is 1. The first-order valence-electron chi connectivity index (χ1n) is 5.94. The van der Waals surface area contributed by atoms with Crippen LogP contribution < -0.4 is 4.74 Å². The topological polar surface area (TPSA) is 29.5 Å². The molecule has 1 aromatic carbocycles. The Kier molecular flexibility index (Phi) is 4.05. The monoisotopic (exact) mass is 302 g/mol. The van der Waals surface area contributed by atoms with Crippen LogP contribution in [0.1, 0.15) is 37.9 Å². The Hall–Kier alpha value is -0.610. The molecule has 0 aromatic heterocycles. The number of benzene rings is 1. The van der Waals surface area contributed by atoms with Crippen LogP contribution >= 0.6 is 15.9 Å². The van der Waals surface area contributed by atoms with E-state index in [1.165, 1.54) is 6.07 Å². The second-order valence-corrected chi connectivity index (χ2v) is 5.20. The Balaban J connectivity index is 2.28. The van der Waals surface area contributed by atoms with Crippen LogP contribution in [-0.2, 0) is 0 Å². The van der Waals surface area contributed by atoms with E-state index in [1.807, 2.05) is 6.92 Å². The van der Waals surface area contributed by atoms with Crippen LogP contribution in [0.25, 0.3) is 0 Å². The van der Waals surface area contributed by atoms with Crippen molar-refractivity contribution in [2.75, 3.05) is 6.61 Å². The number of aliphatic hydroxyl groups is 1. The van der Waals surface area contributed by atoms with Crippen molar-refractivity contribution in [3.05, 3.63) is 28.0 Å².